The van der Waals surface area contributed by atoms with Crippen molar-refractivity contribution >= 4 is 11.6 Å². The smallest absolute Gasteiger partial charge is 0.253 e. The number of carbonyl (C=O) groups is 1. The third kappa shape index (κ3) is 5.33. The van der Waals surface area contributed by atoms with Crippen LogP contribution in [0, 0.1) is 0 Å². The second-order valence-corrected chi connectivity index (χ2v) is 7.38. The fourth-order valence-corrected chi connectivity index (χ4v) is 3.16. The van der Waals surface area contributed by atoms with Crippen LogP contribution in [0.4, 0.5) is 0 Å². The summed E-state index contributed by atoms with van der Waals surface area (Å²) in [7, 11) is 3.17. The first-order valence-corrected chi connectivity index (χ1v) is 10.2. The minimum atomic E-state index is -0.202. The van der Waals surface area contributed by atoms with E-state index < -0.39 is 0 Å². The van der Waals surface area contributed by atoms with Gasteiger partial charge in [0.15, 0.2) is 22.9 Å². The number of hydrogen-bond donors (Lipinski definition) is 1. The molecule has 11 nitrogen and oxygen atoms in total. The first kappa shape index (κ1) is 22.4. The minimum absolute atomic E-state index is 0.0909. The molecule has 4 heterocycles. The average Bonchev–Trinajstić information content (AvgIpc) is 3.45. The zero-order valence-electron chi connectivity index (χ0n) is 18.5. The number of rotatable bonds is 10. The van der Waals surface area contributed by atoms with Gasteiger partial charge in [0.25, 0.3) is 5.91 Å². The highest BCUT2D eigenvalue weighted by molar-refractivity contribution is 5.94. The maximum atomic E-state index is 12.2. The lowest BCUT2D eigenvalue weighted by molar-refractivity contribution is 0.0905. The molecule has 33 heavy (non-hydrogen) atoms. The minimum Gasteiger partial charge on any atom is -0.486 e. The maximum Gasteiger partial charge on any atom is 0.253 e. The van der Waals surface area contributed by atoms with Gasteiger partial charge in [-0.3, -0.25) is 14.2 Å². The number of aromatic nitrogens is 5. The monoisotopic (exact) mass is 452 g/mol. The molecule has 0 aliphatic heterocycles. The zero-order chi connectivity index (χ0) is 23.2. The topological polar surface area (TPSA) is 126 Å². The highest BCUT2D eigenvalue weighted by atomic mass is 16.5. The number of amides is 1. The van der Waals surface area contributed by atoms with Gasteiger partial charge < -0.3 is 24.1 Å². The molecule has 1 N–H and O–H groups in total. The van der Waals surface area contributed by atoms with E-state index in [1.165, 1.54) is 6.20 Å². The maximum absolute atomic E-state index is 12.2. The molecule has 0 saturated carbocycles. The number of ether oxygens (including phenoxy) is 3. The molecule has 1 amide bonds. The highest BCUT2D eigenvalue weighted by Gasteiger charge is 2.14. The normalized spacial score (nSPS) is 12.1. The van der Waals surface area contributed by atoms with Crippen LogP contribution in [0.15, 0.2) is 47.2 Å². The summed E-state index contributed by atoms with van der Waals surface area (Å²) in [6, 6.07) is 8.72. The average molecular weight is 452 g/mol. The van der Waals surface area contributed by atoms with Gasteiger partial charge in [-0.25, -0.2) is 0 Å². The van der Waals surface area contributed by atoms with Gasteiger partial charge in [-0.15, -0.1) is 10.2 Å². The molecule has 11 heteroatoms. The van der Waals surface area contributed by atoms with E-state index in [9.17, 15) is 4.79 Å². The Labute approximate surface area is 189 Å². The quantitative estimate of drug-likeness (QED) is 0.385. The van der Waals surface area contributed by atoms with Gasteiger partial charge in [-0.2, -0.15) is 0 Å². The molecule has 0 unspecified atom stereocenters. The van der Waals surface area contributed by atoms with E-state index in [2.05, 4.69) is 25.7 Å². The Kier molecular flexibility index (Phi) is 6.91. The Bertz CT molecular complexity index is 1220. The molecule has 0 aromatic carbocycles. The van der Waals surface area contributed by atoms with Gasteiger partial charge in [0.05, 0.1) is 24.1 Å². The van der Waals surface area contributed by atoms with Gasteiger partial charge in [-0.05, 0) is 31.2 Å². The molecule has 0 saturated heterocycles. The van der Waals surface area contributed by atoms with Crippen molar-refractivity contribution < 1.29 is 23.5 Å². The number of carbonyl (C=O) groups excluding carboxylic acids is 1. The van der Waals surface area contributed by atoms with Crippen LogP contribution < -0.4 is 10.1 Å². The van der Waals surface area contributed by atoms with E-state index in [1.54, 1.807) is 55.1 Å². The summed E-state index contributed by atoms with van der Waals surface area (Å²) in [6.45, 7) is 2.86. The summed E-state index contributed by atoms with van der Waals surface area (Å²) in [5.74, 6) is 1.51. The number of fused-ring (bicyclic) bond motifs is 1. The van der Waals surface area contributed by atoms with Gasteiger partial charge in [-0.1, -0.05) is 5.16 Å². The Balaban J connectivity index is 1.42. The molecule has 4 aromatic rings. The molecule has 0 spiro atoms. The molecule has 172 valence electrons. The molecule has 4 aromatic heterocycles. The van der Waals surface area contributed by atoms with Crippen molar-refractivity contribution in [2.24, 2.45) is 0 Å². The van der Waals surface area contributed by atoms with Crippen molar-refractivity contribution in [3.8, 4) is 17.3 Å². The summed E-state index contributed by atoms with van der Waals surface area (Å²) in [5, 5.41) is 15.2. The van der Waals surface area contributed by atoms with Gasteiger partial charge >= 0.3 is 0 Å². The van der Waals surface area contributed by atoms with Crippen molar-refractivity contribution in [1.82, 2.24) is 30.1 Å². The first-order valence-electron chi connectivity index (χ1n) is 10.2. The van der Waals surface area contributed by atoms with Crippen LogP contribution >= 0.6 is 0 Å². The number of pyridine rings is 2. The molecule has 1 atom stereocenters. The second-order valence-electron chi connectivity index (χ2n) is 7.38. The van der Waals surface area contributed by atoms with Gasteiger partial charge in [0.2, 0.25) is 0 Å². The molecule has 0 bridgehead atoms. The van der Waals surface area contributed by atoms with Crippen molar-refractivity contribution in [3.63, 3.8) is 0 Å². The lowest BCUT2D eigenvalue weighted by Gasteiger charge is -2.12. The number of methoxy groups -OCH3 is 2. The Morgan fingerprint density at radius 1 is 1.15 bits per heavy atom. The molecule has 0 fully saturated rings. The third-order valence-electron chi connectivity index (χ3n) is 4.72. The lowest BCUT2D eigenvalue weighted by atomic mass is 10.2. The van der Waals surface area contributed by atoms with Crippen molar-refractivity contribution in [1.29, 1.82) is 0 Å². The Morgan fingerprint density at radius 3 is 2.79 bits per heavy atom. The van der Waals surface area contributed by atoms with Gasteiger partial charge in [0.1, 0.15) is 19.0 Å². The second kappa shape index (κ2) is 10.2. The van der Waals surface area contributed by atoms with Crippen LogP contribution in [0.5, 0.6) is 5.75 Å². The summed E-state index contributed by atoms with van der Waals surface area (Å²) >= 11 is 0. The zero-order valence-corrected chi connectivity index (χ0v) is 18.5. The van der Waals surface area contributed by atoms with Crippen LogP contribution in [0.1, 0.15) is 28.7 Å². The fourth-order valence-electron chi connectivity index (χ4n) is 3.16. The van der Waals surface area contributed by atoms with Crippen molar-refractivity contribution in [2.45, 2.75) is 26.2 Å². The van der Waals surface area contributed by atoms with Crippen molar-refractivity contribution in [2.75, 3.05) is 20.8 Å². The van der Waals surface area contributed by atoms with E-state index in [-0.39, 0.29) is 18.6 Å². The summed E-state index contributed by atoms with van der Waals surface area (Å²) in [5.41, 5.74) is 2.34. The summed E-state index contributed by atoms with van der Waals surface area (Å²) in [6.07, 6.45) is 3.30. The lowest BCUT2D eigenvalue weighted by Crippen LogP contribution is -2.35. The van der Waals surface area contributed by atoms with Crippen LogP contribution in [-0.2, 0) is 22.7 Å². The number of nitrogens with one attached hydrogen (secondary N) is 1. The van der Waals surface area contributed by atoms with Crippen molar-refractivity contribution in [3.05, 3.63) is 59.7 Å². The summed E-state index contributed by atoms with van der Waals surface area (Å²) in [4.78, 5) is 16.6. The van der Waals surface area contributed by atoms with E-state index in [0.717, 1.165) is 0 Å². The number of nitrogens with zero attached hydrogens (tertiary/aromatic N) is 5. The fraction of sp³-hybridized carbons (Fsp3) is 0.318. The van der Waals surface area contributed by atoms with E-state index in [0.29, 0.717) is 53.1 Å². The predicted octanol–water partition coefficient (Wildman–Crippen LogP) is 2.27. The summed E-state index contributed by atoms with van der Waals surface area (Å²) < 4.78 is 23.0. The highest BCUT2D eigenvalue weighted by Crippen LogP contribution is 2.22. The van der Waals surface area contributed by atoms with Gasteiger partial charge in [0, 0.05) is 32.5 Å². The SMILES string of the molecule is COCc1cc(-c2nnc3ccc(OCc4ccc(C(=O)N[C@@H](C)COC)cn4)cn23)no1. The largest absolute Gasteiger partial charge is 0.486 e. The Hall–Kier alpha value is -3.83. The van der Waals surface area contributed by atoms with Crippen LogP contribution in [0.2, 0.25) is 0 Å². The first-order chi connectivity index (χ1) is 16.1. The van der Waals surface area contributed by atoms with Crippen LogP contribution in [0.25, 0.3) is 17.2 Å². The van der Waals surface area contributed by atoms with Crippen LogP contribution in [0.3, 0.4) is 0 Å². The molecule has 0 aliphatic rings. The Morgan fingerprint density at radius 2 is 2.03 bits per heavy atom. The van der Waals surface area contributed by atoms with E-state index >= 15 is 0 Å². The standard InChI is InChI=1S/C22H24N6O5/c1-14(11-30-2)24-22(29)15-4-5-16(23-9-15)12-32-17-6-7-20-25-26-21(28(20)10-17)19-8-18(13-31-3)33-27-19/h4-10,14H,11-13H2,1-3H3,(H,24,29)/t14-/m0/s1. The van der Waals surface area contributed by atoms with E-state index in [4.69, 9.17) is 18.7 Å². The molecular weight excluding hydrogens is 428 g/mol. The molecule has 0 aliphatic carbocycles. The third-order valence-corrected chi connectivity index (χ3v) is 4.72. The molecule has 0 radical (unpaired) electrons. The predicted molar refractivity (Wildman–Crippen MR) is 117 cm³/mol. The van der Waals surface area contributed by atoms with Crippen LogP contribution in [-0.4, -0.2) is 57.5 Å². The molecule has 4 rings (SSSR count). The van der Waals surface area contributed by atoms with E-state index in [1.807, 2.05) is 6.92 Å². The number of hydrogen-bond acceptors (Lipinski definition) is 9. The molecular formula is C22H24N6O5.